The highest BCUT2D eigenvalue weighted by Gasteiger charge is 2.21. The standard InChI is InChI=1S/C19H24N2O3/c1-3-4-11-24-17-8-7-15(13-18(17)23-2)12-16(14-20)19(22)21-9-5-6-10-21/h7-8,12-13H,3-6,9-11H2,1-2H3/b16-12+. The predicted octanol–water partition coefficient (Wildman–Crippen LogP) is 3.40. The molecule has 1 amide bonds. The van der Waals surface area contributed by atoms with Gasteiger partial charge in [-0.15, -0.1) is 0 Å². The van der Waals surface area contributed by atoms with E-state index in [0.29, 0.717) is 18.1 Å². The van der Waals surface area contributed by atoms with Crippen LogP contribution in [-0.2, 0) is 4.79 Å². The van der Waals surface area contributed by atoms with Crippen LogP contribution in [-0.4, -0.2) is 37.6 Å². The van der Waals surface area contributed by atoms with Crippen molar-refractivity contribution in [2.45, 2.75) is 32.6 Å². The lowest BCUT2D eigenvalue weighted by molar-refractivity contribution is -0.125. The van der Waals surface area contributed by atoms with Gasteiger partial charge in [0.05, 0.1) is 13.7 Å². The predicted molar refractivity (Wildman–Crippen MR) is 92.8 cm³/mol. The molecule has 0 saturated carbocycles. The zero-order chi connectivity index (χ0) is 17.4. The van der Waals surface area contributed by atoms with E-state index in [1.54, 1.807) is 24.2 Å². The second-order valence-electron chi connectivity index (χ2n) is 5.78. The molecule has 5 nitrogen and oxygen atoms in total. The van der Waals surface area contributed by atoms with Crippen LogP contribution in [0.25, 0.3) is 6.08 Å². The number of nitriles is 1. The highest BCUT2D eigenvalue weighted by molar-refractivity contribution is 6.01. The largest absolute Gasteiger partial charge is 0.493 e. The van der Waals surface area contributed by atoms with Crippen LogP contribution in [0.15, 0.2) is 23.8 Å². The van der Waals surface area contributed by atoms with Gasteiger partial charge in [-0.05, 0) is 43.0 Å². The summed E-state index contributed by atoms with van der Waals surface area (Å²) in [6.07, 6.45) is 5.66. The minimum Gasteiger partial charge on any atom is -0.493 e. The Labute approximate surface area is 143 Å². The fraction of sp³-hybridized carbons (Fsp3) is 0.474. The third kappa shape index (κ3) is 4.51. The molecule has 5 heteroatoms. The van der Waals surface area contributed by atoms with Crippen molar-refractivity contribution in [3.63, 3.8) is 0 Å². The van der Waals surface area contributed by atoms with Gasteiger partial charge in [0.2, 0.25) is 0 Å². The molecule has 0 bridgehead atoms. The molecule has 1 saturated heterocycles. The summed E-state index contributed by atoms with van der Waals surface area (Å²) in [7, 11) is 1.58. The van der Waals surface area contributed by atoms with Crippen LogP contribution in [0.4, 0.5) is 0 Å². The van der Waals surface area contributed by atoms with Gasteiger partial charge in [-0.3, -0.25) is 4.79 Å². The van der Waals surface area contributed by atoms with Crippen LogP contribution >= 0.6 is 0 Å². The summed E-state index contributed by atoms with van der Waals surface area (Å²) in [6.45, 7) is 4.20. The molecule has 1 aliphatic rings. The van der Waals surface area contributed by atoms with E-state index in [-0.39, 0.29) is 11.5 Å². The smallest absolute Gasteiger partial charge is 0.264 e. The summed E-state index contributed by atoms with van der Waals surface area (Å²) < 4.78 is 11.1. The summed E-state index contributed by atoms with van der Waals surface area (Å²) in [5.41, 5.74) is 0.900. The number of unbranched alkanes of at least 4 members (excludes halogenated alkanes) is 1. The molecule has 0 spiro atoms. The Morgan fingerprint density at radius 2 is 2.08 bits per heavy atom. The average molecular weight is 328 g/mol. The normalized spacial score (nSPS) is 14.4. The number of carbonyl (C=O) groups excluding carboxylic acids is 1. The Morgan fingerprint density at radius 3 is 2.71 bits per heavy atom. The number of likely N-dealkylation sites (tertiary alicyclic amines) is 1. The van der Waals surface area contributed by atoms with E-state index in [1.165, 1.54) is 0 Å². The van der Waals surface area contributed by atoms with Crippen molar-refractivity contribution in [3.8, 4) is 17.6 Å². The SMILES string of the molecule is CCCCOc1ccc(/C=C(\C#N)C(=O)N2CCCC2)cc1OC. The number of benzene rings is 1. The molecule has 2 rings (SSSR count). The number of hydrogen-bond acceptors (Lipinski definition) is 4. The fourth-order valence-corrected chi connectivity index (χ4v) is 2.62. The van der Waals surface area contributed by atoms with E-state index in [9.17, 15) is 10.1 Å². The van der Waals surface area contributed by atoms with E-state index < -0.39 is 0 Å². The van der Waals surface area contributed by atoms with Gasteiger partial charge in [-0.1, -0.05) is 19.4 Å². The summed E-state index contributed by atoms with van der Waals surface area (Å²) >= 11 is 0. The summed E-state index contributed by atoms with van der Waals surface area (Å²) in [4.78, 5) is 14.1. The second-order valence-corrected chi connectivity index (χ2v) is 5.78. The molecule has 1 aromatic carbocycles. The van der Waals surface area contributed by atoms with Gasteiger partial charge < -0.3 is 14.4 Å². The summed E-state index contributed by atoms with van der Waals surface area (Å²) in [5, 5.41) is 9.32. The maximum Gasteiger partial charge on any atom is 0.264 e. The van der Waals surface area contributed by atoms with E-state index in [0.717, 1.165) is 44.3 Å². The molecule has 0 radical (unpaired) electrons. The first-order valence-electron chi connectivity index (χ1n) is 8.41. The van der Waals surface area contributed by atoms with Crippen LogP contribution in [0.1, 0.15) is 38.2 Å². The maximum atomic E-state index is 12.4. The molecule has 1 heterocycles. The molecule has 0 aromatic heterocycles. The minimum atomic E-state index is -0.197. The highest BCUT2D eigenvalue weighted by atomic mass is 16.5. The van der Waals surface area contributed by atoms with Crippen LogP contribution in [0.2, 0.25) is 0 Å². The molecular weight excluding hydrogens is 304 g/mol. The van der Waals surface area contributed by atoms with Crippen molar-refractivity contribution < 1.29 is 14.3 Å². The fourth-order valence-electron chi connectivity index (χ4n) is 2.62. The quantitative estimate of drug-likeness (QED) is 0.437. The van der Waals surface area contributed by atoms with Crippen LogP contribution in [0.3, 0.4) is 0 Å². The van der Waals surface area contributed by atoms with Crippen molar-refractivity contribution in [1.29, 1.82) is 5.26 Å². The molecule has 0 aliphatic carbocycles. The van der Waals surface area contributed by atoms with Gasteiger partial charge in [0.25, 0.3) is 5.91 Å². The Hall–Kier alpha value is -2.48. The summed E-state index contributed by atoms with van der Waals surface area (Å²) in [6, 6.07) is 7.45. The van der Waals surface area contributed by atoms with Crippen LogP contribution in [0, 0.1) is 11.3 Å². The van der Waals surface area contributed by atoms with Crippen LogP contribution < -0.4 is 9.47 Å². The van der Waals surface area contributed by atoms with Gasteiger partial charge in [0, 0.05) is 13.1 Å². The first-order valence-corrected chi connectivity index (χ1v) is 8.41. The van der Waals surface area contributed by atoms with E-state index in [1.807, 2.05) is 18.2 Å². The van der Waals surface area contributed by atoms with Crippen molar-refractivity contribution >= 4 is 12.0 Å². The molecule has 128 valence electrons. The van der Waals surface area contributed by atoms with Crippen molar-refractivity contribution in [2.24, 2.45) is 0 Å². The monoisotopic (exact) mass is 328 g/mol. The first-order chi connectivity index (χ1) is 11.7. The Morgan fingerprint density at radius 1 is 1.33 bits per heavy atom. The van der Waals surface area contributed by atoms with Crippen LogP contribution in [0.5, 0.6) is 11.5 Å². The maximum absolute atomic E-state index is 12.4. The molecule has 1 aromatic rings. The van der Waals surface area contributed by atoms with Gasteiger partial charge >= 0.3 is 0 Å². The van der Waals surface area contributed by atoms with Crippen molar-refractivity contribution in [2.75, 3.05) is 26.8 Å². The third-order valence-electron chi connectivity index (χ3n) is 4.00. The lowest BCUT2D eigenvalue weighted by Gasteiger charge is -2.14. The average Bonchev–Trinajstić information content (AvgIpc) is 3.14. The molecule has 1 fully saturated rings. The number of hydrogen-bond donors (Lipinski definition) is 0. The van der Waals surface area contributed by atoms with E-state index >= 15 is 0 Å². The number of carbonyl (C=O) groups is 1. The van der Waals surface area contributed by atoms with Crippen molar-refractivity contribution in [1.82, 2.24) is 4.90 Å². The Bertz CT molecular complexity index is 641. The lowest BCUT2D eigenvalue weighted by Crippen LogP contribution is -2.28. The van der Waals surface area contributed by atoms with Gasteiger partial charge in [0.1, 0.15) is 11.6 Å². The topological polar surface area (TPSA) is 62.6 Å². The number of amides is 1. The highest BCUT2D eigenvalue weighted by Crippen LogP contribution is 2.29. The number of nitrogens with zero attached hydrogens (tertiary/aromatic N) is 2. The zero-order valence-corrected chi connectivity index (χ0v) is 14.4. The third-order valence-corrected chi connectivity index (χ3v) is 4.00. The molecule has 0 unspecified atom stereocenters. The molecule has 1 aliphatic heterocycles. The molecule has 0 N–H and O–H groups in total. The number of methoxy groups -OCH3 is 1. The second kappa shape index (κ2) is 8.97. The Kier molecular flexibility index (Phi) is 6.68. The first kappa shape index (κ1) is 17.9. The van der Waals surface area contributed by atoms with E-state index in [2.05, 4.69) is 6.92 Å². The van der Waals surface area contributed by atoms with Gasteiger partial charge in [0.15, 0.2) is 11.5 Å². The van der Waals surface area contributed by atoms with Crippen molar-refractivity contribution in [3.05, 3.63) is 29.3 Å². The number of rotatable bonds is 7. The lowest BCUT2D eigenvalue weighted by atomic mass is 10.1. The van der Waals surface area contributed by atoms with E-state index in [4.69, 9.17) is 9.47 Å². The van der Waals surface area contributed by atoms with Gasteiger partial charge in [-0.25, -0.2) is 0 Å². The number of ether oxygens (including phenoxy) is 2. The molecular formula is C19H24N2O3. The Balaban J connectivity index is 2.17. The van der Waals surface area contributed by atoms with Gasteiger partial charge in [-0.2, -0.15) is 5.26 Å². The summed E-state index contributed by atoms with van der Waals surface area (Å²) in [5.74, 6) is 1.08. The molecule has 24 heavy (non-hydrogen) atoms. The zero-order valence-electron chi connectivity index (χ0n) is 14.4. The molecule has 0 atom stereocenters. The minimum absolute atomic E-state index is 0.151.